The fraction of sp³-hybridized carbons (Fsp3) is 0. The molecule has 0 unspecified atom stereocenters. The van der Waals surface area contributed by atoms with Gasteiger partial charge in [-0.1, -0.05) is 53.8 Å². The number of aromatic hydroxyl groups is 1. The quantitative estimate of drug-likeness (QED) is 0.388. The third kappa shape index (κ3) is 3.74. The van der Waals surface area contributed by atoms with Gasteiger partial charge in [0.1, 0.15) is 5.82 Å². The predicted molar refractivity (Wildman–Crippen MR) is 110 cm³/mol. The molecule has 0 bridgehead atoms. The first-order valence-electron chi connectivity index (χ1n) is 8.38. The van der Waals surface area contributed by atoms with Gasteiger partial charge >= 0.3 is 0 Å². The first-order valence-corrected chi connectivity index (χ1v) is 9.20. The van der Waals surface area contributed by atoms with Crippen LogP contribution < -0.4 is 5.43 Å². The summed E-state index contributed by atoms with van der Waals surface area (Å²) >= 11 is 1.17. The second-order valence-electron chi connectivity index (χ2n) is 5.97. The van der Waals surface area contributed by atoms with E-state index in [-0.39, 0.29) is 17.5 Å². The number of carbonyl (C=O) groups excluding carboxylic acids is 1. The normalized spacial score (nSPS) is 14.6. The third-order valence-electron chi connectivity index (χ3n) is 4.08. The Morgan fingerprint density at radius 1 is 1.11 bits per heavy atom. The number of allylic oxidation sites excluding steroid dienone is 2. The van der Waals surface area contributed by atoms with Crippen molar-refractivity contribution in [2.45, 2.75) is 0 Å². The highest BCUT2D eigenvalue weighted by molar-refractivity contribution is 7.16. The molecule has 0 atom stereocenters. The zero-order valence-corrected chi connectivity index (χ0v) is 15.3. The topological polar surface area (TPSA) is 74.6 Å². The van der Waals surface area contributed by atoms with E-state index in [1.54, 1.807) is 24.3 Å². The lowest BCUT2D eigenvalue weighted by Gasteiger charge is -2.12. The molecule has 1 aliphatic rings. The number of nitrogens with one attached hydrogen (secondary N) is 1. The minimum atomic E-state index is -0.318. The van der Waals surface area contributed by atoms with Gasteiger partial charge in [-0.25, -0.2) is 4.39 Å². The lowest BCUT2D eigenvalue weighted by molar-refractivity contribution is -0.109. The number of benzene rings is 2. The Hall–Kier alpha value is -3.58. The molecule has 1 heterocycles. The van der Waals surface area contributed by atoms with Crippen molar-refractivity contribution >= 4 is 46.2 Å². The van der Waals surface area contributed by atoms with Gasteiger partial charge in [0.15, 0.2) is 5.78 Å². The minimum absolute atomic E-state index is 0.129. The van der Waals surface area contributed by atoms with Gasteiger partial charge in [-0.2, -0.15) is 10.1 Å². The summed E-state index contributed by atoms with van der Waals surface area (Å²) in [7, 11) is 0. The zero-order chi connectivity index (χ0) is 19.5. The van der Waals surface area contributed by atoms with Crippen LogP contribution in [-0.2, 0) is 4.79 Å². The molecule has 0 radical (unpaired) electrons. The number of carbonyl (C=O) groups is 1. The van der Waals surface area contributed by atoms with Crippen molar-refractivity contribution in [2.24, 2.45) is 5.10 Å². The summed E-state index contributed by atoms with van der Waals surface area (Å²) in [5, 5.41) is 14.5. The number of anilines is 1. The SMILES string of the molecule is O=C1C=Cc2ccccc2/C1=C/c1sc(N/N=C/c2ccc(F)cc2)nc1O. The summed E-state index contributed by atoms with van der Waals surface area (Å²) in [4.78, 5) is 16.8. The molecule has 2 aromatic carbocycles. The number of aromatic nitrogens is 1. The van der Waals surface area contributed by atoms with E-state index in [1.807, 2.05) is 24.3 Å². The molecular weight excluding hydrogens is 377 g/mol. The summed E-state index contributed by atoms with van der Waals surface area (Å²) in [6.07, 6.45) is 6.44. The summed E-state index contributed by atoms with van der Waals surface area (Å²) in [6, 6.07) is 13.4. The van der Waals surface area contributed by atoms with Gasteiger partial charge in [-0.15, -0.1) is 0 Å². The van der Waals surface area contributed by atoms with Gasteiger partial charge < -0.3 is 5.11 Å². The Bertz CT molecular complexity index is 1130. The maximum atomic E-state index is 12.9. The fourth-order valence-electron chi connectivity index (χ4n) is 2.73. The molecule has 4 rings (SSSR count). The second-order valence-corrected chi connectivity index (χ2v) is 7.00. The van der Waals surface area contributed by atoms with Crippen LogP contribution in [-0.4, -0.2) is 22.1 Å². The van der Waals surface area contributed by atoms with Gasteiger partial charge in [0.05, 0.1) is 11.1 Å². The molecule has 3 aromatic rings. The number of rotatable bonds is 4. The van der Waals surface area contributed by atoms with Gasteiger partial charge in [0.25, 0.3) is 0 Å². The highest BCUT2D eigenvalue weighted by Crippen LogP contribution is 2.34. The van der Waals surface area contributed by atoms with E-state index in [0.29, 0.717) is 21.1 Å². The molecule has 0 spiro atoms. The summed E-state index contributed by atoms with van der Waals surface area (Å²) in [5.74, 6) is -0.631. The van der Waals surface area contributed by atoms with Crippen molar-refractivity contribution < 1.29 is 14.3 Å². The first-order chi connectivity index (χ1) is 13.6. The van der Waals surface area contributed by atoms with Crippen LogP contribution in [0.1, 0.15) is 21.6 Å². The van der Waals surface area contributed by atoms with E-state index in [1.165, 1.54) is 35.8 Å². The Kier molecular flexibility index (Phi) is 4.82. The Labute approximate surface area is 164 Å². The lowest BCUT2D eigenvalue weighted by atomic mass is 9.91. The Morgan fingerprint density at radius 3 is 2.71 bits per heavy atom. The number of thiazole rings is 1. The van der Waals surface area contributed by atoms with Gasteiger partial charge in [-0.05, 0) is 41.0 Å². The van der Waals surface area contributed by atoms with E-state index in [2.05, 4.69) is 15.5 Å². The van der Waals surface area contributed by atoms with Crippen LogP contribution >= 0.6 is 11.3 Å². The van der Waals surface area contributed by atoms with Crippen LogP contribution in [0.5, 0.6) is 5.88 Å². The highest BCUT2D eigenvalue weighted by atomic mass is 32.1. The van der Waals surface area contributed by atoms with Crippen molar-refractivity contribution in [2.75, 3.05) is 5.43 Å². The van der Waals surface area contributed by atoms with Crippen LogP contribution in [0.2, 0.25) is 0 Å². The molecule has 5 nitrogen and oxygen atoms in total. The van der Waals surface area contributed by atoms with Crippen LogP contribution in [0.15, 0.2) is 59.7 Å². The average Bonchev–Trinajstić information content (AvgIpc) is 3.05. The maximum Gasteiger partial charge on any atom is 0.231 e. The Balaban J connectivity index is 1.56. The van der Waals surface area contributed by atoms with E-state index in [4.69, 9.17) is 0 Å². The standard InChI is InChI=1S/C21H14FN3O2S/c22-15-8-5-13(6-9-15)12-23-25-21-24-20(27)19(28-21)11-17-16-4-2-1-3-14(16)7-10-18(17)26/h1-12,27H,(H,24,25)/b17-11-,23-12+. The molecule has 0 fully saturated rings. The maximum absolute atomic E-state index is 12.9. The van der Waals surface area contributed by atoms with E-state index in [9.17, 15) is 14.3 Å². The summed E-state index contributed by atoms with van der Waals surface area (Å²) in [5.41, 5.74) is 5.70. The number of hydrogen-bond donors (Lipinski definition) is 2. The van der Waals surface area contributed by atoms with Crippen molar-refractivity contribution in [3.8, 4) is 5.88 Å². The number of halogens is 1. The molecule has 0 saturated heterocycles. The minimum Gasteiger partial charge on any atom is -0.492 e. The lowest BCUT2D eigenvalue weighted by Crippen LogP contribution is -2.04. The monoisotopic (exact) mass is 391 g/mol. The number of hydrogen-bond acceptors (Lipinski definition) is 6. The smallest absolute Gasteiger partial charge is 0.231 e. The Morgan fingerprint density at radius 2 is 1.89 bits per heavy atom. The second kappa shape index (κ2) is 7.58. The van der Waals surface area contributed by atoms with E-state index < -0.39 is 0 Å². The van der Waals surface area contributed by atoms with Crippen LogP contribution in [0.3, 0.4) is 0 Å². The van der Waals surface area contributed by atoms with Gasteiger partial charge in [-0.3, -0.25) is 10.2 Å². The number of hydrazone groups is 1. The molecule has 2 N–H and O–H groups in total. The summed E-state index contributed by atoms with van der Waals surface area (Å²) < 4.78 is 12.9. The average molecular weight is 391 g/mol. The van der Waals surface area contributed by atoms with Crippen LogP contribution in [0.4, 0.5) is 9.52 Å². The zero-order valence-electron chi connectivity index (χ0n) is 14.5. The largest absolute Gasteiger partial charge is 0.492 e. The van der Waals surface area contributed by atoms with E-state index in [0.717, 1.165) is 11.1 Å². The van der Waals surface area contributed by atoms with Gasteiger partial charge in [0, 0.05) is 5.57 Å². The molecule has 0 saturated carbocycles. The van der Waals surface area contributed by atoms with Gasteiger partial charge in [0.2, 0.25) is 11.0 Å². The molecule has 28 heavy (non-hydrogen) atoms. The van der Waals surface area contributed by atoms with Crippen molar-refractivity contribution in [1.29, 1.82) is 0 Å². The summed E-state index contributed by atoms with van der Waals surface area (Å²) in [6.45, 7) is 0. The molecule has 1 aromatic heterocycles. The van der Waals surface area contributed by atoms with Crippen LogP contribution in [0.25, 0.3) is 17.7 Å². The van der Waals surface area contributed by atoms with Crippen molar-refractivity contribution in [3.63, 3.8) is 0 Å². The third-order valence-corrected chi connectivity index (χ3v) is 4.98. The van der Waals surface area contributed by atoms with Crippen molar-refractivity contribution in [1.82, 2.24) is 4.98 Å². The number of fused-ring (bicyclic) bond motifs is 1. The predicted octanol–water partition coefficient (Wildman–Crippen LogP) is 4.57. The molecule has 0 amide bonds. The van der Waals surface area contributed by atoms with E-state index >= 15 is 0 Å². The molecule has 7 heteroatoms. The fourth-order valence-corrected chi connectivity index (χ4v) is 3.48. The van der Waals surface area contributed by atoms with Crippen molar-refractivity contribution in [3.05, 3.63) is 82.0 Å². The molecule has 138 valence electrons. The van der Waals surface area contributed by atoms with Crippen LogP contribution in [0, 0.1) is 5.82 Å². The number of ketones is 1. The first kappa shape index (κ1) is 17.8. The highest BCUT2D eigenvalue weighted by Gasteiger charge is 2.18. The molecular formula is C21H14FN3O2S. The molecule has 1 aliphatic carbocycles. The number of nitrogens with zero attached hydrogens (tertiary/aromatic N) is 2. The molecule has 0 aliphatic heterocycles.